The number of ether oxygens (including phenoxy) is 1. The molecular weight excluding hydrogens is 377 g/mol. The molecule has 0 radical (unpaired) electrons. The first-order chi connectivity index (χ1) is 11.3. The van der Waals surface area contributed by atoms with Crippen LogP contribution in [-0.2, 0) is 10.0 Å². The minimum Gasteiger partial charge on any atom is -0.463 e. The summed E-state index contributed by atoms with van der Waals surface area (Å²) in [7, 11) is -4.41. The van der Waals surface area contributed by atoms with Gasteiger partial charge < -0.3 is 4.74 Å². The van der Waals surface area contributed by atoms with Crippen LogP contribution in [0.2, 0.25) is 10.0 Å². The fraction of sp³-hybridized carbons (Fsp3) is 0.0667. The minimum atomic E-state index is -4.41. The summed E-state index contributed by atoms with van der Waals surface area (Å²) in [6.45, 7) is 0. The molecule has 1 amide bonds. The Morgan fingerprint density at radius 2 is 1.83 bits per heavy atom. The molecule has 1 heterocycles. The van der Waals surface area contributed by atoms with E-state index < -0.39 is 27.1 Å². The molecule has 0 fully saturated rings. The maximum atomic E-state index is 12.3. The van der Waals surface area contributed by atoms with Gasteiger partial charge in [0.25, 0.3) is 21.4 Å². The van der Waals surface area contributed by atoms with Crippen LogP contribution in [0.15, 0.2) is 42.5 Å². The second kappa shape index (κ2) is 6.08. The topological polar surface area (TPSA) is 89.5 Å². The van der Waals surface area contributed by atoms with E-state index in [1.54, 1.807) is 16.9 Å². The van der Waals surface area contributed by atoms with Crippen molar-refractivity contribution >= 4 is 44.9 Å². The number of benzene rings is 2. The number of carbonyl (C=O) groups excluding carboxylic acids is 2. The number of hydrogen-bond donors (Lipinski definition) is 1. The van der Waals surface area contributed by atoms with Crippen LogP contribution >= 0.6 is 23.2 Å². The summed E-state index contributed by atoms with van der Waals surface area (Å²) in [5.41, 5.74) is -1.78. The van der Waals surface area contributed by atoms with Crippen molar-refractivity contribution in [1.29, 1.82) is 0 Å². The predicted molar refractivity (Wildman–Crippen MR) is 88.0 cm³/mol. The lowest BCUT2D eigenvalue weighted by molar-refractivity contribution is 0.0927. The van der Waals surface area contributed by atoms with Gasteiger partial charge in [0.15, 0.2) is 0 Å². The van der Waals surface area contributed by atoms with Crippen LogP contribution in [0.25, 0.3) is 0 Å². The van der Waals surface area contributed by atoms with E-state index in [4.69, 9.17) is 27.9 Å². The molecule has 0 spiro atoms. The molecule has 0 saturated carbocycles. The Bertz CT molecular complexity index is 958. The van der Waals surface area contributed by atoms with Gasteiger partial charge >= 0.3 is 0 Å². The quantitative estimate of drug-likeness (QED) is 0.876. The van der Waals surface area contributed by atoms with Crippen molar-refractivity contribution in [2.45, 2.75) is 5.44 Å². The molecule has 2 aromatic carbocycles. The number of sulfonamides is 1. The number of fused-ring (bicyclic) bond motifs is 1. The van der Waals surface area contributed by atoms with Gasteiger partial charge in [-0.2, -0.15) is 0 Å². The van der Waals surface area contributed by atoms with E-state index >= 15 is 0 Å². The largest absolute Gasteiger partial charge is 0.463 e. The van der Waals surface area contributed by atoms with Crippen LogP contribution in [0.5, 0.6) is 5.75 Å². The summed E-state index contributed by atoms with van der Waals surface area (Å²) in [5, 5.41) is 0.279. The zero-order valence-corrected chi connectivity index (χ0v) is 14.2. The Hall–Kier alpha value is -2.09. The van der Waals surface area contributed by atoms with Crippen LogP contribution < -0.4 is 9.46 Å². The lowest BCUT2D eigenvalue weighted by Gasteiger charge is -2.12. The van der Waals surface area contributed by atoms with Gasteiger partial charge in [0.2, 0.25) is 5.78 Å². The second-order valence-electron chi connectivity index (χ2n) is 4.91. The highest BCUT2D eigenvalue weighted by molar-refractivity contribution is 7.91. The molecule has 6 nitrogen and oxygen atoms in total. The van der Waals surface area contributed by atoms with E-state index in [2.05, 4.69) is 0 Å². The average Bonchev–Trinajstić information content (AvgIpc) is 2.85. The Kier molecular flexibility index (Phi) is 4.25. The summed E-state index contributed by atoms with van der Waals surface area (Å²) >= 11 is 11.6. The van der Waals surface area contributed by atoms with Crippen LogP contribution in [0, 0.1) is 0 Å². The highest BCUT2D eigenvalue weighted by Gasteiger charge is 2.43. The highest BCUT2D eigenvalue weighted by atomic mass is 35.5. The van der Waals surface area contributed by atoms with Gasteiger partial charge in [0, 0.05) is 5.02 Å². The summed E-state index contributed by atoms with van der Waals surface area (Å²) in [6, 6.07) is 10.1. The van der Waals surface area contributed by atoms with Crippen molar-refractivity contribution in [3.8, 4) is 5.75 Å². The molecule has 0 saturated heterocycles. The van der Waals surface area contributed by atoms with Crippen LogP contribution in [-0.4, -0.2) is 25.5 Å². The molecule has 24 heavy (non-hydrogen) atoms. The molecule has 1 aliphatic heterocycles. The maximum Gasteiger partial charge on any atom is 0.281 e. The number of hydrogen-bond acceptors (Lipinski definition) is 5. The average molecular weight is 386 g/mol. The Morgan fingerprint density at radius 3 is 2.50 bits per heavy atom. The maximum absolute atomic E-state index is 12.3. The highest BCUT2D eigenvalue weighted by Crippen LogP contribution is 2.30. The zero-order chi connectivity index (χ0) is 17.5. The summed E-state index contributed by atoms with van der Waals surface area (Å²) in [6.07, 6.45) is 0. The molecule has 0 aromatic heterocycles. The zero-order valence-electron chi connectivity index (χ0n) is 11.8. The smallest absolute Gasteiger partial charge is 0.281 e. The Balaban J connectivity index is 1.85. The molecule has 1 unspecified atom stereocenters. The van der Waals surface area contributed by atoms with E-state index in [1.165, 1.54) is 30.3 Å². The molecule has 124 valence electrons. The molecule has 0 bridgehead atoms. The van der Waals surface area contributed by atoms with Gasteiger partial charge in [-0.25, -0.2) is 13.1 Å². The number of amides is 1. The summed E-state index contributed by atoms with van der Waals surface area (Å²) in [4.78, 5) is 24.3. The fourth-order valence-electron chi connectivity index (χ4n) is 2.18. The van der Waals surface area contributed by atoms with Gasteiger partial charge in [-0.15, -0.1) is 0 Å². The third kappa shape index (κ3) is 2.98. The van der Waals surface area contributed by atoms with E-state index in [-0.39, 0.29) is 21.9 Å². The summed E-state index contributed by atoms with van der Waals surface area (Å²) in [5.74, 6) is -1.58. The minimum absolute atomic E-state index is 0.0165. The van der Waals surface area contributed by atoms with Crippen LogP contribution in [0.4, 0.5) is 0 Å². The Morgan fingerprint density at radius 1 is 1.12 bits per heavy atom. The van der Waals surface area contributed by atoms with Crippen molar-refractivity contribution < 1.29 is 22.7 Å². The lowest BCUT2D eigenvalue weighted by Crippen LogP contribution is -2.43. The second-order valence-corrected chi connectivity index (χ2v) is 7.48. The van der Waals surface area contributed by atoms with E-state index in [0.29, 0.717) is 5.02 Å². The fourth-order valence-corrected chi connectivity index (χ4v) is 3.79. The number of ketones is 1. The van der Waals surface area contributed by atoms with Gasteiger partial charge in [0.1, 0.15) is 5.75 Å². The third-order valence-electron chi connectivity index (χ3n) is 3.29. The molecular formula is C15H9Cl2NO5S. The van der Waals surface area contributed by atoms with Gasteiger partial charge in [-0.3, -0.25) is 9.59 Å². The van der Waals surface area contributed by atoms with Gasteiger partial charge in [-0.1, -0.05) is 35.3 Å². The molecule has 0 aliphatic carbocycles. The molecule has 1 N–H and O–H groups in total. The number of carbonyl (C=O) groups is 2. The van der Waals surface area contributed by atoms with Crippen molar-refractivity contribution in [3.63, 3.8) is 0 Å². The van der Waals surface area contributed by atoms with Crippen LogP contribution in [0.3, 0.4) is 0 Å². The SMILES string of the molecule is O=C(NS(=O)(=O)C1Oc2ccccc2C1=O)c1ccc(Cl)cc1Cl. The molecule has 1 atom stereocenters. The number of rotatable bonds is 3. The van der Waals surface area contributed by atoms with E-state index in [9.17, 15) is 18.0 Å². The van der Waals surface area contributed by atoms with Crippen molar-refractivity contribution in [2.75, 3.05) is 0 Å². The molecule has 2 aromatic rings. The number of nitrogens with one attached hydrogen (secondary N) is 1. The number of halogens is 2. The normalized spacial score (nSPS) is 16.4. The molecule has 3 rings (SSSR count). The van der Waals surface area contributed by atoms with Gasteiger partial charge in [-0.05, 0) is 30.3 Å². The van der Waals surface area contributed by atoms with E-state index in [1.807, 2.05) is 0 Å². The molecule has 1 aliphatic rings. The Labute approximate surface area is 147 Å². The number of Topliss-reactive ketones (excluding diaryl/α,β-unsaturated/α-hetero) is 1. The van der Waals surface area contributed by atoms with Crippen LogP contribution in [0.1, 0.15) is 20.7 Å². The van der Waals surface area contributed by atoms with Crippen molar-refractivity contribution in [3.05, 3.63) is 63.6 Å². The van der Waals surface area contributed by atoms with Crippen molar-refractivity contribution in [1.82, 2.24) is 4.72 Å². The standard InChI is InChI=1S/C15H9Cl2NO5S/c16-8-5-6-9(11(17)7-8)14(20)18-24(21,22)15-13(19)10-3-1-2-4-12(10)23-15/h1-7,15H,(H,18,20). The first-order valence-corrected chi connectivity index (χ1v) is 8.91. The van der Waals surface area contributed by atoms with Crippen molar-refractivity contribution in [2.24, 2.45) is 0 Å². The molecule has 9 heteroatoms. The third-order valence-corrected chi connectivity index (χ3v) is 5.18. The monoisotopic (exact) mass is 385 g/mol. The first-order valence-electron chi connectivity index (χ1n) is 6.60. The van der Waals surface area contributed by atoms with E-state index in [0.717, 1.165) is 0 Å². The number of para-hydroxylation sites is 1. The van der Waals surface area contributed by atoms with Gasteiger partial charge in [0.05, 0.1) is 16.1 Å². The lowest BCUT2D eigenvalue weighted by atomic mass is 10.1. The summed E-state index contributed by atoms with van der Waals surface area (Å²) < 4.78 is 31.6. The predicted octanol–water partition coefficient (Wildman–Crippen LogP) is 2.65. The first kappa shape index (κ1) is 16.8.